The van der Waals surface area contributed by atoms with E-state index >= 15 is 0 Å². The maximum atomic E-state index is 5.59. The summed E-state index contributed by atoms with van der Waals surface area (Å²) in [6.07, 6.45) is 3.09. The Kier molecular flexibility index (Phi) is 7.64. The number of hydrogen-bond donors (Lipinski definition) is 1. The smallest absolute Gasteiger partial charge is 0.0738 e. The van der Waals surface area contributed by atoms with Crippen molar-refractivity contribution in [2.45, 2.75) is 46.1 Å². The van der Waals surface area contributed by atoms with Crippen molar-refractivity contribution in [3.63, 3.8) is 0 Å². The van der Waals surface area contributed by atoms with Gasteiger partial charge in [-0.2, -0.15) is 5.10 Å². The fourth-order valence-electron chi connectivity index (χ4n) is 2.17. The minimum absolute atomic E-state index is 0.438. The minimum atomic E-state index is 0.438. The number of likely N-dealkylation sites (N-methyl/N-ethyl adjacent to an activating group) is 1. The highest BCUT2D eigenvalue weighted by Crippen LogP contribution is 2.22. The lowest BCUT2D eigenvalue weighted by Crippen LogP contribution is -2.33. The predicted molar refractivity (Wildman–Crippen MR) is 82.5 cm³/mol. The lowest BCUT2D eigenvalue weighted by atomic mass is 10.1. The van der Waals surface area contributed by atoms with Gasteiger partial charge in [0.2, 0.25) is 0 Å². The van der Waals surface area contributed by atoms with Gasteiger partial charge in [-0.05, 0) is 42.2 Å². The molecule has 1 unspecified atom stereocenters. The molecule has 19 heavy (non-hydrogen) atoms. The molecular formula is C14H26BrN3O. The van der Waals surface area contributed by atoms with E-state index in [4.69, 9.17) is 4.74 Å². The molecule has 1 heterocycles. The van der Waals surface area contributed by atoms with Crippen molar-refractivity contribution in [1.29, 1.82) is 0 Å². The van der Waals surface area contributed by atoms with Crippen LogP contribution in [0.3, 0.4) is 0 Å². The van der Waals surface area contributed by atoms with E-state index in [1.54, 1.807) is 0 Å². The number of ether oxygens (including phenoxy) is 1. The topological polar surface area (TPSA) is 39.1 Å². The molecule has 0 bridgehead atoms. The predicted octanol–water partition coefficient (Wildman–Crippen LogP) is 2.83. The van der Waals surface area contributed by atoms with Gasteiger partial charge in [-0.25, -0.2) is 0 Å². The second-order valence-electron chi connectivity index (χ2n) is 4.83. The molecule has 1 N–H and O–H groups in total. The molecule has 110 valence electrons. The first-order chi connectivity index (χ1) is 9.10. The zero-order chi connectivity index (χ0) is 14.3. The van der Waals surface area contributed by atoms with Crippen LogP contribution < -0.4 is 5.32 Å². The summed E-state index contributed by atoms with van der Waals surface area (Å²) in [6, 6.07) is 0.438. The Bertz CT molecular complexity index is 379. The molecule has 4 nitrogen and oxygen atoms in total. The zero-order valence-electron chi connectivity index (χ0n) is 12.5. The fraction of sp³-hybridized carbons (Fsp3) is 0.786. The standard InChI is InChI=1S/C14H26BrN3O/c1-5-8-19-9-7-12(16-6-2)10-13-14(15)11(3)17-18(13)4/h12,16H,5-10H2,1-4H3. The maximum Gasteiger partial charge on any atom is 0.0738 e. The second-order valence-corrected chi connectivity index (χ2v) is 5.62. The van der Waals surface area contributed by atoms with Crippen LogP contribution in [0, 0.1) is 6.92 Å². The van der Waals surface area contributed by atoms with Crippen LogP contribution in [-0.2, 0) is 18.2 Å². The molecule has 1 atom stereocenters. The van der Waals surface area contributed by atoms with Crippen LogP contribution in [0.4, 0.5) is 0 Å². The summed E-state index contributed by atoms with van der Waals surface area (Å²) in [4.78, 5) is 0. The van der Waals surface area contributed by atoms with E-state index in [1.165, 1.54) is 5.69 Å². The Hall–Kier alpha value is -0.390. The molecule has 0 aliphatic rings. The Balaban J connectivity index is 2.56. The average molecular weight is 332 g/mol. The third-order valence-corrected chi connectivity index (χ3v) is 4.18. The fourth-order valence-corrected chi connectivity index (χ4v) is 2.67. The molecule has 0 saturated heterocycles. The average Bonchev–Trinajstić information content (AvgIpc) is 2.61. The molecule has 1 rings (SSSR count). The molecule has 5 heteroatoms. The Morgan fingerprint density at radius 2 is 2.11 bits per heavy atom. The lowest BCUT2D eigenvalue weighted by molar-refractivity contribution is 0.124. The van der Waals surface area contributed by atoms with Crippen LogP contribution in [0.25, 0.3) is 0 Å². The van der Waals surface area contributed by atoms with E-state index in [9.17, 15) is 0 Å². The maximum absolute atomic E-state index is 5.59. The monoisotopic (exact) mass is 331 g/mol. The molecule has 0 radical (unpaired) electrons. The van der Waals surface area contributed by atoms with Crippen molar-refractivity contribution in [3.8, 4) is 0 Å². The summed E-state index contributed by atoms with van der Waals surface area (Å²) < 4.78 is 8.69. The number of nitrogens with zero attached hydrogens (tertiary/aromatic N) is 2. The van der Waals surface area contributed by atoms with Gasteiger partial charge in [0.25, 0.3) is 0 Å². The Morgan fingerprint density at radius 1 is 1.37 bits per heavy atom. The summed E-state index contributed by atoms with van der Waals surface area (Å²) in [6.45, 7) is 8.96. The molecule has 0 spiro atoms. The second kappa shape index (κ2) is 8.72. The molecule has 0 aromatic carbocycles. The molecule has 0 saturated carbocycles. The number of halogens is 1. The van der Waals surface area contributed by atoms with Crippen molar-refractivity contribution < 1.29 is 4.74 Å². The van der Waals surface area contributed by atoms with Gasteiger partial charge in [0, 0.05) is 32.7 Å². The summed E-state index contributed by atoms with van der Waals surface area (Å²) in [7, 11) is 2.00. The molecular weight excluding hydrogens is 306 g/mol. The van der Waals surface area contributed by atoms with Gasteiger partial charge < -0.3 is 10.1 Å². The van der Waals surface area contributed by atoms with Gasteiger partial charge in [0.1, 0.15) is 0 Å². The third kappa shape index (κ3) is 5.24. The normalized spacial score (nSPS) is 12.9. The molecule has 0 aliphatic heterocycles. The first kappa shape index (κ1) is 16.7. The van der Waals surface area contributed by atoms with E-state index in [2.05, 4.69) is 40.2 Å². The summed E-state index contributed by atoms with van der Waals surface area (Å²) in [5.41, 5.74) is 2.30. The first-order valence-corrected chi connectivity index (χ1v) is 7.88. The minimum Gasteiger partial charge on any atom is -0.381 e. The van der Waals surface area contributed by atoms with E-state index in [0.717, 1.165) is 49.2 Å². The van der Waals surface area contributed by atoms with Crippen LogP contribution in [0.1, 0.15) is 38.1 Å². The molecule has 0 amide bonds. The van der Waals surface area contributed by atoms with Crippen LogP contribution in [0.5, 0.6) is 0 Å². The van der Waals surface area contributed by atoms with Gasteiger partial charge in [0.05, 0.1) is 15.9 Å². The molecule has 1 aromatic rings. The highest BCUT2D eigenvalue weighted by molar-refractivity contribution is 9.10. The van der Waals surface area contributed by atoms with Gasteiger partial charge in [0.15, 0.2) is 0 Å². The number of aromatic nitrogens is 2. The van der Waals surface area contributed by atoms with Gasteiger partial charge in [-0.15, -0.1) is 0 Å². The molecule has 0 fully saturated rings. The van der Waals surface area contributed by atoms with E-state index in [0.29, 0.717) is 6.04 Å². The quantitative estimate of drug-likeness (QED) is 0.707. The van der Waals surface area contributed by atoms with Crippen LogP contribution in [-0.4, -0.2) is 35.6 Å². The highest BCUT2D eigenvalue weighted by atomic mass is 79.9. The lowest BCUT2D eigenvalue weighted by Gasteiger charge is -2.18. The highest BCUT2D eigenvalue weighted by Gasteiger charge is 2.16. The third-order valence-electron chi connectivity index (χ3n) is 3.15. The van der Waals surface area contributed by atoms with Gasteiger partial charge >= 0.3 is 0 Å². The number of aryl methyl sites for hydroxylation is 2. The van der Waals surface area contributed by atoms with Gasteiger partial charge in [-0.3, -0.25) is 4.68 Å². The van der Waals surface area contributed by atoms with Crippen LogP contribution in [0.2, 0.25) is 0 Å². The Morgan fingerprint density at radius 3 is 2.63 bits per heavy atom. The first-order valence-electron chi connectivity index (χ1n) is 7.09. The van der Waals surface area contributed by atoms with Crippen LogP contribution in [0.15, 0.2) is 4.47 Å². The number of nitrogens with one attached hydrogen (secondary N) is 1. The van der Waals surface area contributed by atoms with Crippen molar-refractivity contribution in [1.82, 2.24) is 15.1 Å². The summed E-state index contributed by atoms with van der Waals surface area (Å²) in [5, 5.41) is 7.97. The Labute approximate surface area is 125 Å². The van der Waals surface area contributed by atoms with E-state index in [1.807, 2.05) is 18.7 Å². The summed E-state index contributed by atoms with van der Waals surface area (Å²) >= 11 is 3.63. The van der Waals surface area contributed by atoms with Crippen molar-refractivity contribution in [2.24, 2.45) is 7.05 Å². The van der Waals surface area contributed by atoms with Gasteiger partial charge in [-0.1, -0.05) is 13.8 Å². The molecule has 1 aromatic heterocycles. The number of hydrogen-bond acceptors (Lipinski definition) is 3. The van der Waals surface area contributed by atoms with Crippen molar-refractivity contribution >= 4 is 15.9 Å². The molecule has 0 aliphatic carbocycles. The largest absolute Gasteiger partial charge is 0.381 e. The zero-order valence-corrected chi connectivity index (χ0v) is 14.1. The van der Waals surface area contributed by atoms with E-state index in [-0.39, 0.29) is 0 Å². The van der Waals surface area contributed by atoms with Crippen molar-refractivity contribution in [3.05, 3.63) is 15.9 Å². The number of rotatable bonds is 9. The van der Waals surface area contributed by atoms with E-state index < -0.39 is 0 Å². The van der Waals surface area contributed by atoms with Crippen LogP contribution >= 0.6 is 15.9 Å². The summed E-state index contributed by atoms with van der Waals surface area (Å²) in [5.74, 6) is 0. The SMILES string of the molecule is CCCOCCC(Cc1c(Br)c(C)nn1C)NCC. The van der Waals surface area contributed by atoms with Crippen molar-refractivity contribution in [2.75, 3.05) is 19.8 Å².